The molecule has 0 saturated heterocycles. The summed E-state index contributed by atoms with van der Waals surface area (Å²) in [5, 5.41) is 12.7. The van der Waals surface area contributed by atoms with E-state index in [0.717, 1.165) is 19.6 Å². The summed E-state index contributed by atoms with van der Waals surface area (Å²) in [6, 6.07) is 0.399. The summed E-state index contributed by atoms with van der Waals surface area (Å²) in [5.74, 6) is 0. The van der Waals surface area contributed by atoms with Crippen molar-refractivity contribution in [1.29, 1.82) is 0 Å². The van der Waals surface area contributed by atoms with Gasteiger partial charge in [0.25, 0.3) is 0 Å². The summed E-state index contributed by atoms with van der Waals surface area (Å²) in [6.45, 7) is 10.6. The first-order valence-electron chi connectivity index (χ1n) is 5.76. The molecule has 0 aliphatic carbocycles. The van der Waals surface area contributed by atoms with Crippen molar-refractivity contribution in [3.63, 3.8) is 0 Å². The van der Waals surface area contributed by atoms with E-state index in [0.29, 0.717) is 19.2 Å². The van der Waals surface area contributed by atoms with E-state index in [1.54, 1.807) is 7.11 Å². The first-order chi connectivity index (χ1) is 7.13. The van der Waals surface area contributed by atoms with Crippen LogP contribution in [0.15, 0.2) is 0 Å². The largest absolute Gasteiger partial charge is 0.389 e. The Bertz CT molecular complexity index is 141. The minimum Gasteiger partial charge on any atom is -0.389 e. The Morgan fingerprint density at radius 3 is 2.40 bits per heavy atom. The lowest BCUT2D eigenvalue weighted by molar-refractivity contribution is 0.0621. The fourth-order valence-electron chi connectivity index (χ4n) is 1.52. The van der Waals surface area contributed by atoms with Gasteiger partial charge in [0.1, 0.15) is 0 Å². The third-order valence-corrected chi connectivity index (χ3v) is 2.49. The average Bonchev–Trinajstić information content (AvgIpc) is 2.23. The summed E-state index contributed by atoms with van der Waals surface area (Å²) in [7, 11) is 1.60. The van der Waals surface area contributed by atoms with Gasteiger partial charge < -0.3 is 20.1 Å². The Hall–Kier alpha value is -0.160. The number of hydrogen-bond acceptors (Lipinski definition) is 4. The number of nitrogens with one attached hydrogen (secondary N) is 1. The molecule has 4 heteroatoms. The normalized spacial score (nSPS) is 15.6. The first-order valence-corrected chi connectivity index (χ1v) is 5.76. The molecule has 0 aliphatic rings. The van der Waals surface area contributed by atoms with Gasteiger partial charge in [0.05, 0.1) is 12.7 Å². The van der Waals surface area contributed by atoms with Crippen LogP contribution in [-0.2, 0) is 4.74 Å². The molecule has 2 N–H and O–H groups in total. The molecule has 0 heterocycles. The van der Waals surface area contributed by atoms with E-state index in [2.05, 4.69) is 31.0 Å². The van der Waals surface area contributed by atoms with Gasteiger partial charge in [-0.05, 0) is 20.0 Å². The second-order valence-corrected chi connectivity index (χ2v) is 3.90. The molecule has 4 nitrogen and oxygen atoms in total. The van der Waals surface area contributed by atoms with Gasteiger partial charge in [0.15, 0.2) is 0 Å². The van der Waals surface area contributed by atoms with Crippen LogP contribution in [0.4, 0.5) is 0 Å². The molecule has 0 fully saturated rings. The van der Waals surface area contributed by atoms with Gasteiger partial charge in [-0.15, -0.1) is 0 Å². The van der Waals surface area contributed by atoms with Gasteiger partial charge >= 0.3 is 0 Å². The van der Waals surface area contributed by atoms with E-state index in [1.807, 2.05) is 0 Å². The molecule has 0 aromatic carbocycles. The zero-order valence-corrected chi connectivity index (χ0v) is 10.5. The summed E-state index contributed by atoms with van der Waals surface area (Å²) in [5.41, 5.74) is 0. The van der Waals surface area contributed by atoms with Gasteiger partial charge in [-0.1, -0.05) is 13.8 Å². The van der Waals surface area contributed by atoms with Crippen molar-refractivity contribution < 1.29 is 9.84 Å². The number of hydrogen-bond donors (Lipinski definition) is 2. The van der Waals surface area contributed by atoms with E-state index < -0.39 is 6.10 Å². The van der Waals surface area contributed by atoms with E-state index in [1.165, 1.54) is 0 Å². The maximum absolute atomic E-state index is 9.45. The van der Waals surface area contributed by atoms with E-state index in [4.69, 9.17) is 4.74 Å². The lowest BCUT2D eigenvalue weighted by Crippen LogP contribution is -2.42. The van der Waals surface area contributed by atoms with Crippen molar-refractivity contribution >= 4 is 0 Å². The van der Waals surface area contributed by atoms with Gasteiger partial charge in [-0.2, -0.15) is 0 Å². The van der Waals surface area contributed by atoms with Crippen LogP contribution >= 0.6 is 0 Å². The van der Waals surface area contributed by atoms with Crippen molar-refractivity contribution in [2.24, 2.45) is 0 Å². The highest BCUT2D eigenvalue weighted by molar-refractivity contribution is 4.68. The molecule has 2 unspecified atom stereocenters. The molecule has 0 amide bonds. The number of nitrogens with zero attached hydrogens (tertiary/aromatic N) is 1. The summed E-state index contributed by atoms with van der Waals surface area (Å²) in [6.07, 6.45) is -0.408. The zero-order valence-electron chi connectivity index (χ0n) is 10.5. The Morgan fingerprint density at radius 2 is 1.93 bits per heavy atom. The summed E-state index contributed by atoms with van der Waals surface area (Å²) >= 11 is 0. The highest BCUT2D eigenvalue weighted by atomic mass is 16.5. The number of ether oxygens (including phenoxy) is 1. The first kappa shape index (κ1) is 14.8. The molecule has 15 heavy (non-hydrogen) atoms. The predicted octanol–water partition coefficient (Wildman–Crippen LogP) is 0.314. The van der Waals surface area contributed by atoms with Crippen LogP contribution in [0.3, 0.4) is 0 Å². The molecule has 0 spiro atoms. The molecule has 0 bridgehead atoms. The number of aliphatic hydroxyl groups is 1. The topological polar surface area (TPSA) is 44.7 Å². The van der Waals surface area contributed by atoms with Crippen LogP contribution in [0.1, 0.15) is 20.8 Å². The van der Waals surface area contributed by atoms with Gasteiger partial charge in [0, 0.05) is 26.2 Å². The van der Waals surface area contributed by atoms with Crippen molar-refractivity contribution in [2.45, 2.75) is 32.9 Å². The van der Waals surface area contributed by atoms with Crippen LogP contribution in [0.25, 0.3) is 0 Å². The minimum atomic E-state index is -0.408. The Kier molecular flexibility index (Phi) is 9.00. The summed E-state index contributed by atoms with van der Waals surface area (Å²) < 4.78 is 4.86. The highest BCUT2D eigenvalue weighted by Crippen LogP contribution is 1.92. The quantitative estimate of drug-likeness (QED) is 0.585. The molecule has 0 aliphatic heterocycles. The van der Waals surface area contributed by atoms with Crippen molar-refractivity contribution in [3.05, 3.63) is 0 Å². The lowest BCUT2D eigenvalue weighted by Gasteiger charge is -2.24. The molecule has 0 rings (SSSR count). The molecular weight excluding hydrogens is 192 g/mol. The minimum absolute atomic E-state index is 0.394. The zero-order chi connectivity index (χ0) is 11.7. The van der Waals surface area contributed by atoms with E-state index in [-0.39, 0.29) is 0 Å². The van der Waals surface area contributed by atoms with Crippen molar-refractivity contribution in [3.8, 4) is 0 Å². The van der Waals surface area contributed by atoms with Crippen LogP contribution in [0, 0.1) is 0 Å². The molecular formula is C11H26N2O2. The molecule has 0 aromatic heterocycles. The van der Waals surface area contributed by atoms with Crippen LogP contribution in [0.5, 0.6) is 0 Å². The fourth-order valence-corrected chi connectivity index (χ4v) is 1.52. The molecule has 0 radical (unpaired) electrons. The number of methoxy groups -OCH3 is 1. The van der Waals surface area contributed by atoms with E-state index in [9.17, 15) is 5.11 Å². The Labute approximate surface area is 93.6 Å². The Morgan fingerprint density at radius 1 is 1.33 bits per heavy atom. The van der Waals surface area contributed by atoms with Gasteiger partial charge in [-0.3, -0.25) is 0 Å². The molecule has 0 aromatic rings. The van der Waals surface area contributed by atoms with Gasteiger partial charge in [-0.25, -0.2) is 0 Å². The van der Waals surface area contributed by atoms with Crippen molar-refractivity contribution in [1.82, 2.24) is 10.2 Å². The SMILES string of the molecule is CCN(CC)CC(C)NCC(O)COC. The number of rotatable bonds is 9. The Balaban J connectivity index is 3.59. The predicted molar refractivity (Wildman–Crippen MR) is 63.1 cm³/mol. The maximum atomic E-state index is 9.45. The monoisotopic (exact) mass is 218 g/mol. The fraction of sp³-hybridized carbons (Fsp3) is 1.00. The highest BCUT2D eigenvalue weighted by Gasteiger charge is 2.09. The third-order valence-electron chi connectivity index (χ3n) is 2.49. The van der Waals surface area contributed by atoms with Crippen LogP contribution in [-0.4, -0.2) is 62.0 Å². The maximum Gasteiger partial charge on any atom is 0.0897 e. The molecule has 92 valence electrons. The molecule has 2 atom stereocenters. The smallest absolute Gasteiger partial charge is 0.0897 e. The lowest BCUT2D eigenvalue weighted by atomic mass is 10.2. The third kappa shape index (κ3) is 7.73. The molecule has 0 saturated carbocycles. The number of aliphatic hydroxyl groups excluding tert-OH is 1. The summed E-state index contributed by atoms with van der Waals surface area (Å²) in [4.78, 5) is 2.36. The standard InChI is InChI=1S/C11H26N2O2/c1-5-13(6-2)8-10(3)12-7-11(14)9-15-4/h10-12,14H,5-9H2,1-4H3. The van der Waals surface area contributed by atoms with Gasteiger partial charge in [0.2, 0.25) is 0 Å². The van der Waals surface area contributed by atoms with Crippen LogP contribution < -0.4 is 5.32 Å². The van der Waals surface area contributed by atoms with Crippen molar-refractivity contribution in [2.75, 3.05) is 39.9 Å². The second-order valence-electron chi connectivity index (χ2n) is 3.90. The number of likely N-dealkylation sites (N-methyl/N-ethyl adjacent to an activating group) is 1. The second kappa shape index (κ2) is 9.09. The average molecular weight is 218 g/mol. The van der Waals surface area contributed by atoms with E-state index >= 15 is 0 Å². The van der Waals surface area contributed by atoms with Crippen LogP contribution in [0.2, 0.25) is 0 Å².